The average molecular weight is 1150 g/mol. The zero-order chi connectivity index (χ0) is 57.8. The van der Waals surface area contributed by atoms with Crippen LogP contribution in [0.4, 0.5) is 13.2 Å². The van der Waals surface area contributed by atoms with Crippen molar-refractivity contribution < 1.29 is 106 Å². The lowest BCUT2D eigenvalue weighted by molar-refractivity contribution is -0.370. The van der Waals surface area contributed by atoms with E-state index in [0.29, 0.717) is 31.6 Å². The van der Waals surface area contributed by atoms with Gasteiger partial charge < -0.3 is 89.0 Å². The number of carbonyl (C=O) groups is 3. The number of carbonyl (C=O) groups excluding carboxylic acids is 3. The molecule has 9 N–H and O–H groups in total. The number of hydrogen-bond acceptors (Lipinski definition) is 21. The molecule has 2 aromatic carbocycles. The lowest BCUT2D eigenvalue weighted by Gasteiger charge is -2.48. The zero-order valence-corrected chi connectivity index (χ0v) is 44.6. The summed E-state index contributed by atoms with van der Waals surface area (Å²) in [4.78, 5) is 44.0. The summed E-state index contributed by atoms with van der Waals surface area (Å²) in [6.45, 7) is 2.88. The van der Waals surface area contributed by atoms with Gasteiger partial charge in [-0.2, -0.15) is 0 Å². The molecule has 81 heavy (non-hydrogen) atoms. The molecule has 448 valence electrons. The second-order valence-corrected chi connectivity index (χ2v) is 21.9. The topological polar surface area (TPSA) is 333 Å². The van der Waals surface area contributed by atoms with Gasteiger partial charge in [-0.05, 0) is 68.7 Å². The first-order chi connectivity index (χ1) is 38.8. The summed E-state index contributed by atoms with van der Waals surface area (Å²) < 4.78 is 91.8. The van der Waals surface area contributed by atoms with Crippen molar-refractivity contribution in [2.75, 3.05) is 32.8 Å². The summed E-state index contributed by atoms with van der Waals surface area (Å²) in [6.07, 6.45) is -19.5. The minimum Gasteiger partial charge on any atom is -0.450 e. The summed E-state index contributed by atoms with van der Waals surface area (Å²) in [6, 6.07) is 7.84. The van der Waals surface area contributed by atoms with Crippen LogP contribution in [0.1, 0.15) is 88.0 Å². The number of aliphatic hydroxyl groups excluding tert-OH is 8. The molecule has 0 radical (unpaired) electrons. The number of nitrogens with one attached hydrogen (secondary N) is 1. The molecule has 0 bridgehead atoms. The molecule has 24 nitrogen and oxygen atoms in total. The molecule has 4 saturated heterocycles. The maximum Gasteiger partial charge on any atom is 0.338 e. The van der Waals surface area contributed by atoms with Crippen molar-refractivity contribution in [3.8, 4) is 11.3 Å². The lowest BCUT2D eigenvalue weighted by atomic mass is 9.77. The van der Waals surface area contributed by atoms with Crippen LogP contribution in [0.3, 0.4) is 0 Å². The number of halogens is 3. The largest absolute Gasteiger partial charge is 0.450 e. The molecule has 0 spiro atoms. The van der Waals surface area contributed by atoms with Crippen molar-refractivity contribution in [2.24, 2.45) is 17.8 Å². The van der Waals surface area contributed by atoms with Crippen LogP contribution in [-0.4, -0.2) is 216 Å². The van der Waals surface area contributed by atoms with Gasteiger partial charge in [0.05, 0.1) is 43.3 Å². The molecule has 2 aliphatic carbocycles. The Balaban J connectivity index is 0.931. The van der Waals surface area contributed by atoms with Crippen LogP contribution in [0.2, 0.25) is 0 Å². The Kier molecular flexibility index (Phi) is 20.1. The molecule has 3 aromatic rings. The minimum atomic E-state index is -2.04. The number of benzene rings is 2. The molecule has 4 aliphatic heterocycles. The summed E-state index contributed by atoms with van der Waals surface area (Å²) in [5.74, 6) is -7.88. The lowest BCUT2D eigenvalue weighted by Crippen LogP contribution is -2.64. The number of rotatable bonds is 19. The van der Waals surface area contributed by atoms with E-state index in [0.717, 1.165) is 49.4 Å². The van der Waals surface area contributed by atoms with E-state index >= 15 is 0 Å². The second-order valence-electron chi connectivity index (χ2n) is 21.9. The number of amides is 2. The van der Waals surface area contributed by atoms with Crippen LogP contribution < -0.4 is 5.32 Å². The van der Waals surface area contributed by atoms with Crippen molar-refractivity contribution in [3.63, 3.8) is 0 Å². The fourth-order valence-electron chi connectivity index (χ4n) is 11.6. The van der Waals surface area contributed by atoms with E-state index in [-0.39, 0.29) is 54.6 Å². The van der Waals surface area contributed by atoms with Gasteiger partial charge in [-0.3, -0.25) is 9.59 Å². The highest BCUT2D eigenvalue weighted by atomic mass is 19.2. The molecule has 27 heteroatoms. The Hall–Kier alpha value is -4.82. The molecule has 2 saturated carbocycles. The van der Waals surface area contributed by atoms with Crippen molar-refractivity contribution >= 4 is 17.8 Å². The third kappa shape index (κ3) is 13.7. The number of hydrogen-bond donors (Lipinski definition) is 9. The average Bonchev–Trinajstić information content (AvgIpc) is 4.05. The van der Waals surface area contributed by atoms with Gasteiger partial charge >= 0.3 is 5.97 Å². The molecule has 5 heterocycles. The number of aromatic nitrogens is 3. The Morgan fingerprint density at radius 3 is 2.17 bits per heavy atom. The first-order valence-corrected chi connectivity index (χ1v) is 27.6. The van der Waals surface area contributed by atoms with Crippen LogP contribution in [0, 0.1) is 35.2 Å². The first-order valence-electron chi connectivity index (χ1n) is 27.6. The van der Waals surface area contributed by atoms with Gasteiger partial charge in [0.25, 0.3) is 5.91 Å². The van der Waals surface area contributed by atoms with Gasteiger partial charge in [0, 0.05) is 31.1 Å². The number of likely N-dealkylation sites (tertiary alicyclic amines) is 1. The van der Waals surface area contributed by atoms with Crippen LogP contribution >= 0.6 is 0 Å². The van der Waals surface area contributed by atoms with Gasteiger partial charge in [0.1, 0.15) is 66.7 Å². The second kappa shape index (κ2) is 26.8. The zero-order valence-electron chi connectivity index (χ0n) is 44.6. The number of aliphatic hydroxyl groups is 8. The molecular weight excluding hydrogens is 1080 g/mol. The predicted molar refractivity (Wildman–Crippen MR) is 269 cm³/mol. The van der Waals surface area contributed by atoms with Crippen molar-refractivity contribution in [3.05, 3.63) is 71.7 Å². The van der Waals surface area contributed by atoms with Gasteiger partial charge in [-0.15, -0.1) is 5.10 Å². The Morgan fingerprint density at radius 1 is 0.778 bits per heavy atom. The predicted octanol–water partition coefficient (Wildman–Crippen LogP) is 0.337. The Labute approximate surface area is 463 Å². The fourth-order valence-corrected chi connectivity index (χ4v) is 11.6. The third-order valence-corrected chi connectivity index (χ3v) is 16.3. The fraction of sp³-hybridized carbons (Fsp3) is 0.685. The number of esters is 1. The maximum absolute atomic E-state index is 14.2. The van der Waals surface area contributed by atoms with E-state index < -0.39 is 158 Å². The number of ether oxygens (including phenoxy) is 8. The van der Waals surface area contributed by atoms with E-state index in [4.69, 9.17) is 37.9 Å². The van der Waals surface area contributed by atoms with Gasteiger partial charge in [-0.25, -0.2) is 22.6 Å². The maximum atomic E-state index is 14.2. The van der Waals surface area contributed by atoms with Crippen molar-refractivity contribution in [1.82, 2.24) is 25.2 Å². The van der Waals surface area contributed by atoms with Crippen molar-refractivity contribution in [1.29, 1.82) is 0 Å². The highest BCUT2D eigenvalue weighted by Gasteiger charge is 2.54. The SMILES string of the molecule is CC1CC(C(=O)NCCO[C@H]2OC(CO)[C@@H](O)C(n3cc(-c4cc(F)c(F)c(F)c4)nn3)C2O)C[C@@H](O[C@@H]2OC(O)[C@H](O)C(O[C@@H](CC3CCCCC3)C(=O)N3CCC3)C2OC(=O)c2ccccc2)C1O[C@@H]1OC(C)[C@@H](O)C(O)C1O. The standard InChI is InChI=1S/C54H72F3N5O19/c1-25-18-30(48(70)58-14-17-74-52-41(66)38(40(65)36(24-63)78-52)62-23-33(59-60-62)29-20-31(55)37(57)32(56)21-29)22-34(45(25)80-53-43(68)42(67)39(64)26(2)75-53)77-54-47(79-50(72)28-12-7-4-8-13-28)46(44(69)51(73)81-54)76-35(49(71)61-15-9-16-61)19-27-10-5-3-6-11-27/h4,7-8,12-13,20-21,23,25-27,30,34-36,38-47,51-54,63-69,73H,3,5-6,9-11,14-19,22,24H2,1-2H3,(H,58,70)/t25?,26?,30?,34-,35+,36?,38?,39-,40-,41?,42?,43?,44-,45?,46?,47?,51?,52+,53+,54-/m1/s1. The summed E-state index contributed by atoms with van der Waals surface area (Å²) >= 11 is 0. The third-order valence-electron chi connectivity index (χ3n) is 16.3. The molecular formula is C54H72F3N5O19. The smallest absolute Gasteiger partial charge is 0.338 e. The van der Waals surface area contributed by atoms with E-state index in [1.165, 1.54) is 19.1 Å². The highest BCUT2D eigenvalue weighted by molar-refractivity contribution is 5.89. The van der Waals surface area contributed by atoms with Gasteiger partial charge in [-0.1, -0.05) is 62.4 Å². The van der Waals surface area contributed by atoms with Crippen molar-refractivity contribution in [2.45, 2.75) is 182 Å². The Bertz CT molecular complexity index is 2560. The molecule has 6 fully saturated rings. The molecule has 9 rings (SSSR count). The number of nitrogens with zero attached hydrogens (tertiary/aromatic N) is 4. The van der Waals surface area contributed by atoms with E-state index in [2.05, 4.69) is 15.6 Å². The van der Waals surface area contributed by atoms with Crippen LogP contribution in [0.25, 0.3) is 11.3 Å². The van der Waals surface area contributed by atoms with Crippen LogP contribution in [0.5, 0.6) is 0 Å². The molecule has 6 aliphatic rings. The van der Waals surface area contributed by atoms with Crippen LogP contribution in [0.15, 0.2) is 48.7 Å². The Morgan fingerprint density at radius 2 is 1.49 bits per heavy atom. The molecule has 2 amide bonds. The summed E-state index contributed by atoms with van der Waals surface area (Å²) in [5.41, 5.74) is -0.252. The molecule has 12 unspecified atom stereocenters. The van der Waals surface area contributed by atoms with E-state index in [1.54, 1.807) is 30.0 Å². The minimum absolute atomic E-state index is 0.0950. The normalized spacial score (nSPS) is 36.1. The highest BCUT2D eigenvalue weighted by Crippen LogP contribution is 2.40. The molecule has 20 atom stereocenters. The van der Waals surface area contributed by atoms with Gasteiger partial charge in [0.15, 0.2) is 42.4 Å². The van der Waals surface area contributed by atoms with E-state index in [1.807, 2.05) is 0 Å². The summed E-state index contributed by atoms with van der Waals surface area (Å²) in [7, 11) is 0. The summed E-state index contributed by atoms with van der Waals surface area (Å²) in [5, 5.41) is 98.6. The quantitative estimate of drug-likeness (QED) is 0.0444. The monoisotopic (exact) mass is 1150 g/mol. The van der Waals surface area contributed by atoms with Gasteiger partial charge in [0.2, 0.25) is 12.2 Å². The van der Waals surface area contributed by atoms with E-state index in [9.17, 15) is 68.4 Å². The first kappa shape index (κ1) is 60.8. The molecule has 1 aromatic heterocycles. The van der Waals surface area contributed by atoms with Crippen LogP contribution in [-0.2, 0) is 47.5 Å².